The normalized spacial score (nSPS) is 23.0. The molecule has 0 aliphatic heterocycles. The monoisotopic (exact) mass is 397 g/mol. The van der Waals surface area contributed by atoms with E-state index in [-0.39, 0.29) is 15.3 Å². The van der Waals surface area contributed by atoms with Crippen LogP contribution in [0.3, 0.4) is 0 Å². The molecule has 0 bridgehead atoms. The quantitative estimate of drug-likeness (QED) is 0.787. The maximum atomic E-state index is 12.0. The van der Waals surface area contributed by atoms with Crippen molar-refractivity contribution in [3.05, 3.63) is 16.5 Å². The number of hydrogen-bond acceptors (Lipinski definition) is 4. The highest BCUT2D eigenvalue weighted by molar-refractivity contribution is 9.10. The minimum atomic E-state index is -3.94. The smallest absolute Gasteiger partial charge is 0.287 e. The number of halogens is 2. The van der Waals surface area contributed by atoms with Gasteiger partial charge in [0.05, 0.1) is 0 Å². The minimum Gasteiger partial charge on any atom is -0.443 e. The van der Waals surface area contributed by atoms with Crippen molar-refractivity contribution in [1.29, 1.82) is 0 Å². The van der Waals surface area contributed by atoms with E-state index in [1.165, 1.54) is 19.3 Å². The van der Waals surface area contributed by atoms with Gasteiger partial charge < -0.3 is 9.73 Å². The zero-order valence-electron chi connectivity index (χ0n) is 11.6. The molecule has 1 amide bonds. The van der Waals surface area contributed by atoms with Crippen molar-refractivity contribution in [2.75, 3.05) is 6.54 Å². The third-order valence-corrected chi connectivity index (χ3v) is 6.13. The second-order valence-electron chi connectivity index (χ2n) is 5.42. The van der Waals surface area contributed by atoms with E-state index in [1.807, 2.05) is 0 Å². The molecule has 1 saturated carbocycles. The number of hydrogen-bond donors (Lipinski definition) is 1. The van der Waals surface area contributed by atoms with Gasteiger partial charge in [-0.05, 0) is 34.2 Å². The zero-order chi connectivity index (χ0) is 15.6. The van der Waals surface area contributed by atoms with E-state index in [4.69, 9.17) is 15.1 Å². The first-order chi connectivity index (χ1) is 9.79. The van der Waals surface area contributed by atoms with Gasteiger partial charge in [0.1, 0.15) is 4.90 Å². The Kier molecular flexibility index (Phi) is 5.38. The molecule has 5 nitrogen and oxygen atoms in total. The first kappa shape index (κ1) is 16.8. The summed E-state index contributed by atoms with van der Waals surface area (Å²) >= 11 is 2.95. The number of nitrogens with one attached hydrogen (secondary N) is 1. The van der Waals surface area contributed by atoms with Crippen LogP contribution in [0.25, 0.3) is 0 Å². The van der Waals surface area contributed by atoms with Crippen molar-refractivity contribution in [2.45, 2.75) is 37.5 Å². The maximum Gasteiger partial charge on any atom is 0.287 e. The summed E-state index contributed by atoms with van der Waals surface area (Å²) < 4.78 is 27.6. The lowest BCUT2D eigenvalue weighted by molar-refractivity contribution is 0.0907. The highest BCUT2D eigenvalue weighted by Gasteiger charge is 2.25. The van der Waals surface area contributed by atoms with Gasteiger partial charge in [-0.25, -0.2) is 8.42 Å². The Bertz CT molecular complexity index is 628. The van der Waals surface area contributed by atoms with Gasteiger partial charge in [0.25, 0.3) is 15.0 Å². The Hall–Kier alpha value is -0.530. The second kappa shape index (κ2) is 6.71. The molecule has 0 saturated heterocycles. The summed E-state index contributed by atoms with van der Waals surface area (Å²) in [6.07, 6.45) is 4.71. The Balaban J connectivity index is 2.01. The Labute approximate surface area is 137 Å². The van der Waals surface area contributed by atoms with Crippen molar-refractivity contribution in [1.82, 2.24) is 5.32 Å². The van der Waals surface area contributed by atoms with E-state index >= 15 is 0 Å². The summed E-state index contributed by atoms with van der Waals surface area (Å²) in [5.74, 6) is 0.545. The molecule has 118 valence electrons. The lowest BCUT2D eigenvalue weighted by Crippen LogP contribution is -2.33. The van der Waals surface area contributed by atoms with Crippen LogP contribution >= 0.6 is 26.6 Å². The van der Waals surface area contributed by atoms with E-state index < -0.39 is 15.0 Å². The highest BCUT2D eigenvalue weighted by Crippen LogP contribution is 2.30. The van der Waals surface area contributed by atoms with Crippen LogP contribution in [0.1, 0.15) is 43.2 Å². The molecule has 1 aromatic heterocycles. The molecule has 21 heavy (non-hydrogen) atoms. The topological polar surface area (TPSA) is 76.4 Å². The van der Waals surface area contributed by atoms with Gasteiger partial charge in [-0.2, -0.15) is 0 Å². The Morgan fingerprint density at radius 2 is 2.14 bits per heavy atom. The van der Waals surface area contributed by atoms with Gasteiger partial charge in [0.2, 0.25) is 0 Å². The molecule has 1 aliphatic rings. The SMILES string of the molecule is CC1CCCCC1CNC(=O)c1cc(S(=O)(=O)Cl)c(Br)o1. The average Bonchev–Trinajstić information content (AvgIpc) is 2.79. The van der Waals surface area contributed by atoms with E-state index in [0.29, 0.717) is 18.4 Å². The first-order valence-corrected chi connectivity index (χ1v) is 9.91. The van der Waals surface area contributed by atoms with Crippen LogP contribution < -0.4 is 5.32 Å². The van der Waals surface area contributed by atoms with E-state index in [0.717, 1.165) is 12.5 Å². The number of rotatable bonds is 4. The highest BCUT2D eigenvalue weighted by atomic mass is 79.9. The zero-order valence-corrected chi connectivity index (χ0v) is 14.7. The lowest BCUT2D eigenvalue weighted by atomic mass is 9.80. The van der Waals surface area contributed by atoms with Gasteiger partial charge >= 0.3 is 0 Å². The summed E-state index contributed by atoms with van der Waals surface area (Å²) in [6, 6.07) is 1.13. The summed E-state index contributed by atoms with van der Waals surface area (Å²) in [4.78, 5) is 11.8. The first-order valence-electron chi connectivity index (χ1n) is 6.81. The van der Waals surface area contributed by atoms with Crippen LogP contribution in [0.4, 0.5) is 0 Å². The molecule has 1 aliphatic carbocycles. The van der Waals surface area contributed by atoms with Crippen molar-refractivity contribution < 1.29 is 17.6 Å². The number of carbonyl (C=O) groups excluding carboxylic acids is 1. The molecule has 0 spiro atoms. The second-order valence-corrected chi connectivity index (χ2v) is 8.67. The van der Waals surface area contributed by atoms with Crippen molar-refractivity contribution in [3.8, 4) is 0 Å². The molecule has 2 rings (SSSR count). The largest absolute Gasteiger partial charge is 0.443 e. The molecule has 0 aromatic carbocycles. The molecular weight excluding hydrogens is 382 g/mol. The fourth-order valence-electron chi connectivity index (χ4n) is 2.64. The molecule has 1 N–H and O–H groups in total. The van der Waals surface area contributed by atoms with Crippen molar-refractivity contribution in [3.63, 3.8) is 0 Å². The summed E-state index contributed by atoms with van der Waals surface area (Å²) in [5, 5.41) is 2.80. The molecule has 0 radical (unpaired) electrons. The molecule has 8 heteroatoms. The predicted molar refractivity (Wildman–Crippen MR) is 82.9 cm³/mol. The molecule has 1 aromatic rings. The lowest BCUT2D eigenvalue weighted by Gasteiger charge is -2.28. The van der Waals surface area contributed by atoms with Crippen LogP contribution in [0, 0.1) is 11.8 Å². The van der Waals surface area contributed by atoms with Crippen LogP contribution in [0.5, 0.6) is 0 Å². The Morgan fingerprint density at radius 1 is 1.48 bits per heavy atom. The molecular formula is C13H17BrClNO4S. The maximum absolute atomic E-state index is 12.0. The number of amides is 1. The fourth-order valence-corrected chi connectivity index (χ4v) is 4.67. The van der Waals surface area contributed by atoms with E-state index in [9.17, 15) is 13.2 Å². The van der Waals surface area contributed by atoms with E-state index in [1.54, 1.807) is 0 Å². The molecule has 2 unspecified atom stereocenters. The standard InChI is InChI=1S/C13H17BrClNO4S/c1-8-4-2-3-5-9(8)7-16-13(17)10-6-11(12(14)20-10)21(15,18)19/h6,8-9H,2-5,7H2,1H3,(H,16,17). The minimum absolute atomic E-state index is 0.0614. The summed E-state index contributed by atoms with van der Waals surface area (Å²) in [5.41, 5.74) is 0. The van der Waals surface area contributed by atoms with Gasteiger partial charge in [0, 0.05) is 23.3 Å². The van der Waals surface area contributed by atoms with Crippen LogP contribution in [0.2, 0.25) is 0 Å². The van der Waals surface area contributed by atoms with Crippen LogP contribution in [-0.4, -0.2) is 20.9 Å². The van der Waals surface area contributed by atoms with Gasteiger partial charge in [0.15, 0.2) is 10.4 Å². The van der Waals surface area contributed by atoms with E-state index in [2.05, 4.69) is 28.2 Å². The van der Waals surface area contributed by atoms with Gasteiger partial charge in [-0.15, -0.1) is 0 Å². The third kappa shape index (κ3) is 4.23. The van der Waals surface area contributed by atoms with Crippen LogP contribution in [0.15, 0.2) is 20.0 Å². The molecule has 1 fully saturated rings. The average molecular weight is 399 g/mol. The number of carbonyl (C=O) groups is 1. The summed E-state index contributed by atoms with van der Waals surface area (Å²) in [7, 11) is 1.31. The van der Waals surface area contributed by atoms with Crippen molar-refractivity contribution >= 4 is 41.6 Å². The fraction of sp³-hybridized carbons (Fsp3) is 0.615. The Morgan fingerprint density at radius 3 is 2.71 bits per heavy atom. The van der Waals surface area contributed by atoms with Gasteiger partial charge in [-0.3, -0.25) is 4.79 Å². The van der Waals surface area contributed by atoms with Crippen molar-refractivity contribution in [2.24, 2.45) is 11.8 Å². The predicted octanol–water partition coefficient (Wildman–Crippen LogP) is 3.53. The van der Waals surface area contributed by atoms with Crippen LogP contribution in [-0.2, 0) is 9.05 Å². The van der Waals surface area contributed by atoms with Gasteiger partial charge in [-0.1, -0.05) is 26.2 Å². The molecule has 2 atom stereocenters. The summed E-state index contributed by atoms with van der Waals surface area (Å²) in [6.45, 7) is 2.76. The molecule has 1 heterocycles. The third-order valence-electron chi connectivity index (χ3n) is 3.96. The number of furan rings is 1.